The van der Waals surface area contributed by atoms with E-state index >= 15 is 0 Å². The fourth-order valence-electron chi connectivity index (χ4n) is 2.10. The van der Waals surface area contributed by atoms with Crippen LogP contribution in [-0.2, 0) is 9.53 Å². The average molecular weight is 284 g/mol. The van der Waals surface area contributed by atoms with Gasteiger partial charge in [0, 0.05) is 5.02 Å². The zero-order valence-electron chi connectivity index (χ0n) is 10.6. The van der Waals surface area contributed by atoms with Crippen molar-refractivity contribution in [1.29, 1.82) is 0 Å². The number of benzene rings is 1. The highest BCUT2D eigenvalue weighted by Gasteiger charge is 2.31. The summed E-state index contributed by atoms with van der Waals surface area (Å²) in [6.45, 7) is 5.52. The van der Waals surface area contributed by atoms with Crippen LogP contribution in [-0.4, -0.2) is 30.0 Å². The molecular weight excluding hydrogens is 269 g/mol. The first-order valence-corrected chi connectivity index (χ1v) is 6.39. The fraction of sp³-hybridized carbons (Fsp3) is 0.357. The molecule has 1 aromatic carbocycles. The largest absolute Gasteiger partial charge is 0.370 e. The standard InChI is InChI=1S/C14H15ClFNO2/c1-9-8-19-13(7-17(9)14(18)10(2)16)11-4-3-5-12(15)6-11/h3-6,9,13H,2,7-8H2,1H3. The Bertz CT molecular complexity index is 506. The van der Waals surface area contributed by atoms with E-state index in [2.05, 4.69) is 6.58 Å². The van der Waals surface area contributed by atoms with Crippen LogP contribution in [0.5, 0.6) is 0 Å². The Morgan fingerprint density at radius 2 is 2.32 bits per heavy atom. The van der Waals surface area contributed by atoms with Crippen molar-refractivity contribution >= 4 is 17.5 Å². The summed E-state index contributed by atoms with van der Waals surface area (Å²) in [6, 6.07) is 7.08. The van der Waals surface area contributed by atoms with E-state index in [4.69, 9.17) is 16.3 Å². The van der Waals surface area contributed by atoms with Gasteiger partial charge in [-0.3, -0.25) is 4.79 Å². The molecule has 0 N–H and O–H groups in total. The van der Waals surface area contributed by atoms with Crippen LogP contribution in [0.25, 0.3) is 0 Å². The molecule has 1 aliphatic rings. The molecule has 1 heterocycles. The molecule has 1 fully saturated rings. The van der Waals surface area contributed by atoms with Crippen LogP contribution < -0.4 is 0 Å². The second-order valence-electron chi connectivity index (χ2n) is 4.59. The van der Waals surface area contributed by atoms with Crippen LogP contribution in [0.15, 0.2) is 36.7 Å². The zero-order valence-corrected chi connectivity index (χ0v) is 11.4. The van der Waals surface area contributed by atoms with Gasteiger partial charge in [0.05, 0.1) is 19.2 Å². The monoisotopic (exact) mass is 283 g/mol. The predicted molar refractivity (Wildman–Crippen MR) is 71.6 cm³/mol. The first-order valence-electron chi connectivity index (χ1n) is 6.01. The first kappa shape index (κ1) is 14.0. The molecular formula is C14H15ClFNO2. The van der Waals surface area contributed by atoms with Gasteiger partial charge in [0.1, 0.15) is 6.10 Å². The number of nitrogens with zero attached hydrogens (tertiary/aromatic N) is 1. The molecule has 3 nitrogen and oxygen atoms in total. The van der Waals surface area contributed by atoms with Gasteiger partial charge >= 0.3 is 0 Å². The maximum absolute atomic E-state index is 13.0. The summed E-state index contributed by atoms with van der Waals surface area (Å²) in [5, 5.41) is 0.604. The van der Waals surface area contributed by atoms with Crippen molar-refractivity contribution in [1.82, 2.24) is 4.90 Å². The molecule has 1 aromatic rings. The molecule has 1 amide bonds. The van der Waals surface area contributed by atoms with Gasteiger partial charge in [-0.15, -0.1) is 0 Å². The minimum Gasteiger partial charge on any atom is -0.370 e. The number of halogens is 2. The van der Waals surface area contributed by atoms with Crippen molar-refractivity contribution in [2.45, 2.75) is 19.1 Å². The third-order valence-electron chi connectivity index (χ3n) is 3.15. The second kappa shape index (κ2) is 5.72. The van der Waals surface area contributed by atoms with E-state index in [1.165, 1.54) is 4.90 Å². The minimum absolute atomic E-state index is 0.171. The highest BCUT2D eigenvalue weighted by atomic mass is 35.5. The Morgan fingerprint density at radius 3 is 2.95 bits per heavy atom. The Hall–Kier alpha value is -1.39. The van der Waals surface area contributed by atoms with Gasteiger partial charge in [0.15, 0.2) is 5.83 Å². The molecule has 0 aromatic heterocycles. The molecule has 5 heteroatoms. The number of rotatable bonds is 2. The molecule has 0 bridgehead atoms. The van der Waals surface area contributed by atoms with Crippen molar-refractivity contribution in [3.05, 3.63) is 47.3 Å². The van der Waals surface area contributed by atoms with Gasteiger partial charge in [0.25, 0.3) is 5.91 Å². The average Bonchev–Trinajstić information content (AvgIpc) is 2.38. The molecule has 0 radical (unpaired) electrons. The van der Waals surface area contributed by atoms with Gasteiger partial charge in [-0.25, -0.2) is 4.39 Å². The zero-order chi connectivity index (χ0) is 14.0. The smallest absolute Gasteiger partial charge is 0.282 e. The summed E-state index contributed by atoms with van der Waals surface area (Å²) in [6.07, 6.45) is -0.293. The number of carbonyl (C=O) groups excluding carboxylic acids is 1. The minimum atomic E-state index is -0.946. The first-order chi connectivity index (χ1) is 8.99. The molecule has 19 heavy (non-hydrogen) atoms. The van der Waals surface area contributed by atoms with Crippen LogP contribution in [0, 0.1) is 0 Å². The molecule has 2 unspecified atom stereocenters. The van der Waals surface area contributed by atoms with Gasteiger partial charge in [0.2, 0.25) is 0 Å². The number of morpholine rings is 1. The highest BCUT2D eigenvalue weighted by Crippen LogP contribution is 2.27. The van der Waals surface area contributed by atoms with Gasteiger partial charge in [-0.05, 0) is 24.6 Å². The second-order valence-corrected chi connectivity index (χ2v) is 5.02. The van der Waals surface area contributed by atoms with E-state index in [9.17, 15) is 9.18 Å². The summed E-state index contributed by atoms with van der Waals surface area (Å²) < 4.78 is 18.7. The Morgan fingerprint density at radius 1 is 1.58 bits per heavy atom. The number of amides is 1. The SMILES string of the molecule is C=C(F)C(=O)N1CC(c2cccc(Cl)c2)OCC1C. The van der Waals surface area contributed by atoms with Crippen molar-refractivity contribution < 1.29 is 13.9 Å². The van der Waals surface area contributed by atoms with E-state index in [-0.39, 0.29) is 12.1 Å². The van der Waals surface area contributed by atoms with Crippen LogP contribution >= 0.6 is 11.6 Å². The maximum atomic E-state index is 13.0. The van der Waals surface area contributed by atoms with Gasteiger partial charge in [-0.2, -0.15) is 0 Å². The lowest BCUT2D eigenvalue weighted by Gasteiger charge is -2.37. The third-order valence-corrected chi connectivity index (χ3v) is 3.38. The van der Waals surface area contributed by atoms with Crippen molar-refractivity contribution in [2.24, 2.45) is 0 Å². The van der Waals surface area contributed by atoms with E-state index in [1.807, 2.05) is 19.1 Å². The molecule has 2 atom stereocenters. The third kappa shape index (κ3) is 3.14. The van der Waals surface area contributed by atoms with E-state index < -0.39 is 11.7 Å². The van der Waals surface area contributed by atoms with Gasteiger partial charge < -0.3 is 9.64 Å². The number of carbonyl (C=O) groups is 1. The topological polar surface area (TPSA) is 29.5 Å². The lowest BCUT2D eigenvalue weighted by atomic mass is 10.1. The Labute approximate surface area is 116 Å². The van der Waals surface area contributed by atoms with Crippen LogP contribution in [0.1, 0.15) is 18.6 Å². The highest BCUT2D eigenvalue weighted by molar-refractivity contribution is 6.30. The van der Waals surface area contributed by atoms with Gasteiger partial charge in [-0.1, -0.05) is 30.3 Å². The van der Waals surface area contributed by atoms with E-state index in [0.29, 0.717) is 18.2 Å². The number of hydrogen-bond donors (Lipinski definition) is 0. The summed E-state index contributed by atoms with van der Waals surface area (Å²) >= 11 is 5.93. The molecule has 1 aliphatic heterocycles. The predicted octanol–water partition coefficient (Wildman–Crippen LogP) is 3.11. The number of ether oxygens (including phenoxy) is 1. The van der Waals surface area contributed by atoms with E-state index in [0.717, 1.165) is 5.56 Å². The molecule has 2 rings (SSSR count). The van der Waals surface area contributed by atoms with Crippen molar-refractivity contribution in [3.8, 4) is 0 Å². The normalized spacial score (nSPS) is 23.2. The number of hydrogen-bond acceptors (Lipinski definition) is 2. The molecule has 0 aliphatic carbocycles. The quantitative estimate of drug-likeness (QED) is 0.781. The van der Waals surface area contributed by atoms with Crippen LogP contribution in [0.4, 0.5) is 4.39 Å². The van der Waals surface area contributed by atoms with Crippen LogP contribution in [0.3, 0.4) is 0 Å². The molecule has 1 saturated heterocycles. The summed E-state index contributed by atoms with van der Waals surface area (Å²) in [5.41, 5.74) is 0.877. The summed E-state index contributed by atoms with van der Waals surface area (Å²) in [7, 11) is 0. The fourth-order valence-corrected chi connectivity index (χ4v) is 2.30. The van der Waals surface area contributed by atoms with E-state index in [1.54, 1.807) is 12.1 Å². The molecule has 0 spiro atoms. The lowest BCUT2D eigenvalue weighted by Crippen LogP contribution is -2.48. The molecule has 102 valence electrons. The Balaban J connectivity index is 2.17. The van der Waals surface area contributed by atoms with Crippen molar-refractivity contribution in [2.75, 3.05) is 13.2 Å². The molecule has 0 saturated carbocycles. The lowest BCUT2D eigenvalue weighted by molar-refractivity contribution is -0.141. The summed E-state index contributed by atoms with van der Waals surface area (Å²) in [4.78, 5) is 13.2. The van der Waals surface area contributed by atoms with Crippen molar-refractivity contribution in [3.63, 3.8) is 0 Å². The summed E-state index contributed by atoms with van der Waals surface area (Å²) in [5.74, 6) is -1.62. The Kier molecular flexibility index (Phi) is 4.22. The maximum Gasteiger partial charge on any atom is 0.282 e. The van der Waals surface area contributed by atoms with Crippen LogP contribution in [0.2, 0.25) is 5.02 Å².